The van der Waals surface area contributed by atoms with Crippen LogP contribution in [0.2, 0.25) is 0 Å². The van der Waals surface area contributed by atoms with Crippen LogP contribution in [-0.4, -0.2) is 22.3 Å². The molecule has 0 amide bonds. The number of hydrogen-bond donors (Lipinski definition) is 2. The first-order chi connectivity index (χ1) is 7.10. The number of aliphatic hydroxyl groups excluding tert-OH is 1. The minimum Gasteiger partial charge on any atom is -0.481 e. The van der Waals surface area contributed by atoms with E-state index in [1.807, 2.05) is 6.92 Å². The van der Waals surface area contributed by atoms with Crippen molar-refractivity contribution in [2.45, 2.75) is 58.0 Å². The second kappa shape index (κ2) is 5.50. The van der Waals surface area contributed by atoms with Gasteiger partial charge in [-0.3, -0.25) is 4.79 Å². The van der Waals surface area contributed by atoms with Gasteiger partial charge < -0.3 is 10.2 Å². The van der Waals surface area contributed by atoms with Crippen LogP contribution in [0.15, 0.2) is 0 Å². The van der Waals surface area contributed by atoms with Crippen molar-refractivity contribution in [3.63, 3.8) is 0 Å². The van der Waals surface area contributed by atoms with Crippen molar-refractivity contribution in [2.24, 2.45) is 5.41 Å². The molecule has 1 aliphatic rings. The Hall–Kier alpha value is -0.570. The summed E-state index contributed by atoms with van der Waals surface area (Å²) in [6.07, 6.45) is 7.03. The lowest BCUT2D eigenvalue weighted by molar-refractivity contribution is -0.151. The quantitative estimate of drug-likeness (QED) is 0.737. The summed E-state index contributed by atoms with van der Waals surface area (Å²) in [4.78, 5) is 11.3. The van der Waals surface area contributed by atoms with Crippen LogP contribution < -0.4 is 0 Å². The Morgan fingerprint density at radius 3 is 2.53 bits per heavy atom. The lowest BCUT2D eigenvalue weighted by atomic mass is 9.71. The van der Waals surface area contributed by atoms with Crippen LogP contribution in [0.1, 0.15) is 51.9 Å². The summed E-state index contributed by atoms with van der Waals surface area (Å²) in [7, 11) is 0. The number of aliphatic hydroxyl groups is 1. The average molecular weight is 213 g/mol. The van der Waals surface area contributed by atoms with Gasteiger partial charge in [0.1, 0.15) is 0 Å². The van der Waals surface area contributed by atoms with E-state index in [-0.39, 0.29) is 6.10 Å². The summed E-state index contributed by atoms with van der Waals surface area (Å²) in [6, 6.07) is 0. The Morgan fingerprint density at radius 2 is 2.07 bits per heavy atom. The maximum atomic E-state index is 11.3. The molecule has 1 radical (unpaired) electrons. The molecule has 1 fully saturated rings. The molecule has 1 aliphatic carbocycles. The first-order valence-electron chi connectivity index (χ1n) is 5.84. The van der Waals surface area contributed by atoms with Crippen LogP contribution in [0.3, 0.4) is 0 Å². The molecule has 3 heteroatoms. The predicted octanol–water partition coefficient (Wildman–Crippen LogP) is 2.39. The van der Waals surface area contributed by atoms with Crippen LogP contribution in [0.5, 0.6) is 0 Å². The second-order valence-electron chi connectivity index (χ2n) is 4.55. The Morgan fingerprint density at radius 1 is 1.47 bits per heavy atom. The summed E-state index contributed by atoms with van der Waals surface area (Å²) in [6.45, 7) is 1.92. The number of hydrogen-bond acceptors (Lipinski definition) is 2. The highest BCUT2D eigenvalue weighted by Crippen LogP contribution is 2.40. The molecule has 1 rings (SSSR count). The molecule has 0 aromatic carbocycles. The highest BCUT2D eigenvalue weighted by Gasteiger charge is 2.39. The van der Waals surface area contributed by atoms with Gasteiger partial charge in [0.2, 0.25) is 0 Å². The Kier molecular flexibility index (Phi) is 4.58. The second-order valence-corrected chi connectivity index (χ2v) is 4.55. The van der Waals surface area contributed by atoms with Gasteiger partial charge in [0, 0.05) is 0 Å². The largest absolute Gasteiger partial charge is 0.481 e. The zero-order valence-corrected chi connectivity index (χ0v) is 9.41. The number of carboxylic acid groups (broad SMARTS) is 1. The molecule has 0 aromatic heterocycles. The van der Waals surface area contributed by atoms with Crippen LogP contribution in [0.25, 0.3) is 0 Å². The fraction of sp³-hybridized carbons (Fsp3) is 0.833. The summed E-state index contributed by atoms with van der Waals surface area (Å²) in [5.74, 6) is -0.682. The lowest BCUT2D eigenvalue weighted by Gasteiger charge is -2.33. The topological polar surface area (TPSA) is 57.5 Å². The van der Waals surface area contributed by atoms with E-state index >= 15 is 0 Å². The number of carbonyl (C=O) groups is 1. The zero-order valence-electron chi connectivity index (χ0n) is 9.41. The minimum atomic E-state index is -0.682. The Balaban J connectivity index is 2.53. The van der Waals surface area contributed by atoms with Gasteiger partial charge in [-0.2, -0.15) is 0 Å². The van der Waals surface area contributed by atoms with Gasteiger partial charge in [0.25, 0.3) is 0 Å². The first-order valence-corrected chi connectivity index (χ1v) is 5.84. The average Bonchev–Trinajstić information content (AvgIpc) is 2.27. The SMILES string of the molecule is CCC(O)CCC1(C(=O)O)CC[CH]CC1. The molecule has 1 unspecified atom stereocenters. The van der Waals surface area contributed by atoms with Gasteiger partial charge >= 0.3 is 5.97 Å². The van der Waals surface area contributed by atoms with Crippen molar-refractivity contribution < 1.29 is 15.0 Å². The molecule has 87 valence electrons. The van der Waals surface area contributed by atoms with Gasteiger partial charge in [-0.1, -0.05) is 6.92 Å². The third-order valence-corrected chi connectivity index (χ3v) is 3.54. The molecule has 3 nitrogen and oxygen atoms in total. The number of rotatable bonds is 5. The van der Waals surface area contributed by atoms with Crippen LogP contribution in [-0.2, 0) is 4.79 Å². The predicted molar refractivity (Wildman–Crippen MR) is 58.4 cm³/mol. The summed E-state index contributed by atoms with van der Waals surface area (Å²) < 4.78 is 0. The first kappa shape index (κ1) is 12.5. The van der Waals surface area contributed by atoms with E-state index in [2.05, 4.69) is 6.42 Å². The molecule has 0 bridgehead atoms. The molecule has 1 saturated carbocycles. The van der Waals surface area contributed by atoms with Crippen molar-refractivity contribution in [1.82, 2.24) is 0 Å². The maximum absolute atomic E-state index is 11.3. The molecular formula is C12H21O3. The smallest absolute Gasteiger partial charge is 0.309 e. The van der Waals surface area contributed by atoms with Crippen LogP contribution >= 0.6 is 0 Å². The molecule has 0 heterocycles. The standard InChI is InChI=1S/C12H21O3/c1-2-10(13)6-9-12(11(14)15)7-4-3-5-8-12/h3,10,13H,2,4-9H2,1H3,(H,14,15). The van der Waals surface area contributed by atoms with Crippen LogP contribution in [0, 0.1) is 11.8 Å². The van der Waals surface area contributed by atoms with E-state index in [1.165, 1.54) is 0 Å². The third kappa shape index (κ3) is 3.20. The van der Waals surface area contributed by atoms with Crippen LogP contribution in [0.4, 0.5) is 0 Å². The molecule has 0 aliphatic heterocycles. The van der Waals surface area contributed by atoms with E-state index in [9.17, 15) is 15.0 Å². The monoisotopic (exact) mass is 213 g/mol. The van der Waals surface area contributed by atoms with E-state index in [0.717, 1.165) is 25.7 Å². The number of carboxylic acids is 1. The van der Waals surface area contributed by atoms with Gasteiger partial charge in [-0.15, -0.1) is 0 Å². The van der Waals surface area contributed by atoms with Crippen molar-refractivity contribution in [3.05, 3.63) is 6.42 Å². The molecular weight excluding hydrogens is 192 g/mol. The molecule has 1 atom stereocenters. The van der Waals surface area contributed by atoms with Crippen molar-refractivity contribution in [2.75, 3.05) is 0 Å². The minimum absolute atomic E-state index is 0.341. The molecule has 0 aromatic rings. The maximum Gasteiger partial charge on any atom is 0.309 e. The van der Waals surface area contributed by atoms with E-state index in [4.69, 9.17) is 0 Å². The van der Waals surface area contributed by atoms with Gasteiger partial charge in [-0.25, -0.2) is 0 Å². The Bertz CT molecular complexity index is 207. The van der Waals surface area contributed by atoms with Crippen molar-refractivity contribution in [3.8, 4) is 0 Å². The highest BCUT2D eigenvalue weighted by molar-refractivity contribution is 5.74. The number of aliphatic carboxylic acids is 1. The third-order valence-electron chi connectivity index (χ3n) is 3.54. The van der Waals surface area contributed by atoms with Crippen molar-refractivity contribution >= 4 is 5.97 Å². The molecule has 15 heavy (non-hydrogen) atoms. The van der Waals surface area contributed by atoms with E-state index < -0.39 is 11.4 Å². The van der Waals surface area contributed by atoms with Gasteiger partial charge in [0.15, 0.2) is 0 Å². The summed E-state index contributed by atoms with van der Waals surface area (Å²) in [5.41, 5.74) is -0.565. The summed E-state index contributed by atoms with van der Waals surface area (Å²) >= 11 is 0. The fourth-order valence-corrected chi connectivity index (χ4v) is 2.24. The van der Waals surface area contributed by atoms with E-state index in [0.29, 0.717) is 19.3 Å². The van der Waals surface area contributed by atoms with Gasteiger partial charge in [0.05, 0.1) is 11.5 Å². The zero-order chi connectivity index (χ0) is 11.3. The molecule has 0 spiro atoms. The summed E-state index contributed by atoms with van der Waals surface area (Å²) in [5, 5.41) is 18.8. The van der Waals surface area contributed by atoms with E-state index in [1.54, 1.807) is 0 Å². The highest BCUT2D eigenvalue weighted by atomic mass is 16.4. The van der Waals surface area contributed by atoms with Crippen molar-refractivity contribution in [1.29, 1.82) is 0 Å². The molecule has 0 saturated heterocycles. The fourth-order valence-electron chi connectivity index (χ4n) is 2.24. The Labute approximate surface area is 91.5 Å². The van der Waals surface area contributed by atoms with Gasteiger partial charge in [-0.05, 0) is 51.4 Å². The normalized spacial score (nSPS) is 22.3. The molecule has 2 N–H and O–H groups in total. The lowest BCUT2D eigenvalue weighted by Crippen LogP contribution is -2.34.